The Morgan fingerprint density at radius 1 is 1.07 bits per heavy atom. The number of H-pyrrole nitrogens is 1. The number of ether oxygens (including phenoxy) is 2. The fourth-order valence-corrected chi connectivity index (χ4v) is 5.52. The number of phenols is 1. The fraction of sp³-hybridized carbons (Fsp3) is 0.344. The average molecular weight is 541 g/mol. The largest absolute Gasteiger partial charge is 0.507 e. The molecule has 4 aromatic rings. The standard InChI is InChI=1S/C32H36N4O4/c1-5-6-7-8-14-40-25-12-11-23(17-26(25)39-4)31-28-29(27-21(3)15-20(2)16-24(27)37)34-35-30(28)32(38)36(31)19-22-10-9-13-33-18-22/h9-13,15-18,31,37H,5-8,14,19H2,1-4H3,(H,34,35). The summed E-state index contributed by atoms with van der Waals surface area (Å²) in [5, 5.41) is 18.5. The minimum absolute atomic E-state index is 0.133. The van der Waals surface area contributed by atoms with Gasteiger partial charge >= 0.3 is 0 Å². The molecule has 2 aromatic heterocycles. The fourth-order valence-electron chi connectivity index (χ4n) is 5.52. The Kier molecular flexibility index (Phi) is 8.05. The van der Waals surface area contributed by atoms with E-state index in [0.717, 1.165) is 40.7 Å². The summed E-state index contributed by atoms with van der Waals surface area (Å²) in [6.45, 7) is 7.04. The van der Waals surface area contributed by atoms with Crippen molar-refractivity contribution in [1.82, 2.24) is 20.1 Å². The van der Waals surface area contributed by atoms with Gasteiger partial charge in [-0.05, 0) is 66.8 Å². The van der Waals surface area contributed by atoms with Crippen LogP contribution in [0.2, 0.25) is 0 Å². The van der Waals surface area contributed by atoms with Crippen molar-refractivity contribution in [3.63, 3.8) is 0 Å². The first kappa shape index (κ1) is 27.2. The van der Waals surface area contributed by atoms with Crippen LogP contribution in [0.25, 0.3) is 11.3 Å². The second-order valence-electron chi connectivity index (χ2n) is 10.4. The number of unbranched alkanes of at least 4 members (excludes halogenated alkanes) is 3. The van der Waals surface area contributed by atoms with Crippen LogP contribution in [0, 0.1) is 13.8 Å². The number of carbonyl (C=O) groups is 1. The molecule has 5 rings (SSSR count). The van der Waals surface area contributed by atoms with E-state index >= 15 is 0 Å². The molecule has 1 aliphatic rings. The number of rotatable bonds is 11. The Morgan fingerprint density at radius 3 is 2.65 bits per heavy atom. The van der Waals surface area contributed by atoms with Gasteiger partial charge in [-0.2, -0.15) is 5.10 Å². The number of hydrogen-bond donors (Lipinski definition) is 2. The lowest BCUT2D eigenvalue weighted by molar-refractivity contribution is 0.0729. The zero-order valence-electron chi connectivity index (χ0n) is 23.5. The minimum Gasteiger partial charge on any atom is -0.507 e. The van der Waals surface area contributed by atoms with E-state index in [1.807, 2.05) is 55.1 Å². The summed E-state index contributed by atoms with van der Waals surface area (Å²) >= 11 is 0. The maximum absolute atomic E-state index is 13.8. The Labute approximate surface area is 235 Å². The predicted octanol–water partition coefficient (Wildman–Crippen LogP) is 6.51. The molecule has 3 heterocycles. The van der Waals surface area contributed by atoms with Crippen LogP contribution < -0.4 is 9.47 Å². The minimum atomic E-state index is -0.468. The maximum Gasteiger partial charge on any atom is 0.273 e. The van der Waals surface area contributed by atoms with Gasteiger partial charge in [0.05, 0.1) is 19.8 Å². The molecule has 0 saturated heterocycles. The van der Waals surface area contributed by atoms with Gasteiger partial charge in [0.1, 0.15) is 17.1 Å². The van der Waals surface area contributed by atoms with Gasteiger partial charge in [0.15, 0.2) is 11.5 Å². The number of pyridine rings is 1. The summed E-state index contributed by atoms with van der Waals surface area (Å²) in [6, 6.07) is 12.9. The molecule has 208 valence electrons. The second kappa shape index (κ2) is 11.8. The Hall–Kier alpha value is -4.33. The van der Waals surface area contributed by atoms with Crippen LogP contribution in [-0.2, 0) is 6.54 Å². The SMILES string of the molecule is CCCCCCOc1ccc(C2c3c(-c4c(C)cc(C)cc4O)n[nH]c3C(=O)N2Cc2cccnc2)cc1OC. The third-order valence-electron chi connectivity index (χ3n) is 7.39. The van der Waals surface area contributed by atoms with Crippen molar-refractivity contribution in [3.8, 4) is 28.5 Å². The summed E-state index contributed by atoms with van der Waals surface area (Å²) in [7, 11) is 1.62. The lowest BCUT2D eigenvalue weighted by Gasteiger charge is -2.27. The normalized spacial score (nSPS) is 14.4. The van der Waals surface area contributed by atoms with E-state index in [1.165, 1.54) is 12.8 Å². The van der Waals surface area contributed by atoms with Crippen molar-refractivity contribution in [2.24, 2.45) is 0 Å². The third-order valence-corrected chi connectivity index (χ3v) is 7.39. The zero-order valence-corrected chi connectivity index (χ0v) is 23.5. The molecule has 8 nitrogen and oxygen atoms in total. The number of phenolic OH excluding ortho intramolecular Hbond substituents is 1. The molecule has 0 aliphatic carbocycles. The monoisotopic (exact) mass is 540 g/mol. The van der Waals surface area contributed by atoms with E-state index in [4.69, 9.17) is 9.47 Å². The smallest absolute Gasteiger partial charge is 0.273 e. The number of aromatic amines is 1. The predicted molar refractivity (Wildman–Crippen MR) is 154 cm³/mol. The van der Waals surface area contributed by atoms with Crippen molar-refractivity contribution < 1.29 is 19.4 Å². The summed E-state index contributed by atoms with van der Waals surface area (Å²) in [4.78, 5) is 19.9. The first-order valence-corrected chi connectivity index (χ1v) is 13.8. The van der Waals surface area contributed by atoms with Crippen LogP contribution in [0.3, 0.4) is 0 Å². The summed E-state index contributed by atoms with van der Waals surface area (Å²) < 4.78 is 11.8. The van der Waals surface area contributed by atoms with Gasteiger partial charge in [-0.1, -0.05) is 44.4 Å². The highest BCUT2D eigenvalue weighted by Gasteiger charge is 2.43. The van der Waals surface area contributed by atoms with Crippen molar-refractivity contribution in [2.45, 2.75) is 59.0 Å². The van der Waals surface area contributed by atoms with E-state index in [0.29, 0.717) is 41.6 Å². The molecule has 40 heavy (non-hydrogen) atoms. The van der Waals surface area contributed by atoms with Crippen LogP contribution in [0.4, 0.5) is 0 Å². The number of fused-ring (bicyclic) bond motifs is 1. The number of amides is 1. The van der Waals surface area contributed by atoms with Gasteiger partial charge in [-0.25, -0.2) is 0 Å². The molecule has 1 aliphatic heterocycles. The van der Waals surface area contributed by atoms with E-state index in [9.17, 15) is 9.90 Å². The summed E-state index contributed by atoms with van der Waals surface area (Å²) in [5.74, 6) is 1.25. The van der Waals surface area contributed by atoms with Crippen molar-refractivity contribution >= 4 is 5.91 Å². The third kappa shape index (κ3) is 5.26. The van der Waals surface area contributed by atoms with Gasteiger partial charge in [0.2, 0.25) is 0 Å². The number of aromatic hydroxyl groups is 1. The lowest BCUT2D eigenvalue weighted by Crippen LogP contribution is -2.29. The van der Waals surface area contributed by atoms with E-state index in [2.05, 4.69) is 22.1 Å². The van der Waals surface area contributed by atoms with Crippen LogP contribution >= 0.6 is 0 Å². The molecule has 0 spiro atoms. The molecular weight excluding hydrogens is 504 g/mol. The number of nitrogens with zero attached hydrogens (tertiary/aromatic N) is 3. The van der Waals surface area contributed by atoms with Gasteiger partial charge < -0.3 is 19.5 Å². The van der Waals surface area contributed by atoms with E-state index in [-0.39, 0.29) is 11.7 Å². The Balaban J connectivity index is 1.58. The van der Waals surface area contributed by atoms with Gasteiger partial charge in [0.25, 0.3) is 5.91 Å². The first-order chi connectivity index (χ1) is 19.4. The number of methoxy groups -OCH3 is 1. The van der Waals surface area contributed by atoms with Crippen LogP contribution in [0.15, 0.2) is 54.9 Å². The Bertz CT molecular complexity index is 1480. The summed E-state index contributed by atoms with van der Waals surface area (Å²) in [6.07, 6.45) is 7.95. The average Bonchev–Trinajstić information content (AvgIpc) is 3.47. The molecule has 0 fully saturated rings. The number of carbonyl (C=O) groups excluding carboxylic acids is 1. The second-order valence-corrected chi connectivity index (χ2v) is 10.4. The molecule has 1 amide bonds. The van der Waals surface area contributed by atoms with Gasteiger partial charge in [0, 0.05) is 30.1 Å². The van der Waals surface area contributed by atoms with Crippen LogP contribution in [0.5, 0.6) is 17.2 Å². The molecular formula is C32H36N4O4. The maximum atomic E-state index is 13.8. The highest BCUT2D eigenvalue weighted by atomic mass is 16.5. The highest BCUT2D eigenvalue weighted by Crippen LogP contribution is 2.47. The summed E-state index contributed by atoms with van der Waals surface area (Å²) in [5.41, 5.74) is 5.92. The lowest BCUT2D eigenvalue weighted by atomic mass is 9.93. The molecule has 1 unspecified atom stereocenters. The Morgan fingerprint density at radius 2 is 1.93 bits per heavy atom. The van der Waals surface area contributed by atoms with Crippen LogP contribution in [-0.4, -0.2) is 44.8 Å². The van der Waals surface area contributed by atoms with E-state index < -0.39 is 6.04 Å². The van der Waals surface area contributed by atoms with Gasteiger partial charge in [-0.3, -0.25) is 14.9 Å². The van der Waals surface area contributed by atoms with Gasteiger partial charge in [-0.15, -0.1) is 0 Å². The topological polar surface area (TPSA) is 101 Å². The molecule has 8 heteroatoms. The number of aryl methyl sites for hydroxylation is 2. The molecule has 1 atom stereocenters. The number of nitrogens with one attached hydrogen (secondary N) is 1. The number of aromatic nitrogens is 3. The first-order valence-electron chi connectivity index (χ1n) is 13.8. The zero-order chi connectivity index (χ0) is 28.2. The van der Waals surface area contributed by atoms with Crippen LogP contribution in [0.1, 0.15) is 77.0 Å². The van der Waals surface area contributed by atoms with Crippen molar-refractivity contribution in [1.29, 1.82) is 0 Å². The molecule has 2 N–H and O–H groups in total. The molecule has 0 bridgehead atoms. The number of benzene rings is 2. The highest BCUT2D eigenvalue weighted by molar-refractivity contribution is 6.00. The van der Waals surface area contributed by atoms with Crippen molar-refractivity contribution in [3.05, 3.63) is 88.4 Å². The molecule has 0 radical (unpaired) electrons. The quantitative estimate of drug-likeness (QED) is 0.210. The molecule has 2 aromatic carbocycles. The van der Waals surface area contributed by atoms with Crippen molar-refractivity contribution in [2.75, 3.05) is 13.7 Å². The van der Waals surface area contributed by atoms with E-state index in [1.54, 1.807) is 25.6 Å². The molecule has 0 saturated carbocycles. The number of hydrogen-bond acceptors (Lipinski definition) is 6.